The molecule has 0 fully saturated rings. The quantitative estimate of drug-likeness (QED) is 0.565. The molecule has 1 aromatic rings. The lowest BCUT2D eigenvalue weighted by Gasteiger charge is -2.19. The Morgan fingerprint density at radius 2 is 1.88 bits per heavy atom. The first-order chi connectivity index (χ1) is 8.06. The standard InChI is InChI=1S/C12H16O5/c13-6-5-10(14)12(17)9-4-2-1-3-8(9)7-11(15)16/h1-4,10,12-14,17H,5-7H2,(H,15,16). The number of carbonyl (C=O) groups is 1. The summed E-state index contributed by atoms with van der Waals surface area (Å²) in [5.74, 6) is -0.999. The van der Waals surface area contributed by atoms with Crippen LogP contribution in [0.3, 0.4) is 0 Å². The second-order valence-electron chi connectivity index (χ2n) is 3.79. The molecule has 0 saturated carbocycles. The topological polar surface area (TPSA) is 98.0 Å². The Balaban J connectivity index is 2.91. The summed E-state index contributed by atoms with van der Waals surface area (Å²) in [5, 5.41) is 36.8. The third-order valence-corrected chi connectivity index (χ3v) is 2.50. The van der Waals surface area contributed by atoms with Gasteiger partial charge in [-0.05, 0) is 17.5 Å². The van der Waals surface area contributed by atoms with Crippen molar-refractivity contribution in [2.45, 2.75) is 25.0 Å². The molecule has 1 aromatic carbocycles. The Labute approximate surface area is 99.0 Å². The molecule has 0 bridgehead atoms. The molecule has 2 atom stereocenters. The van der Waals surface area contributed by atoms with Crippen LogP contribution < -0.4 is 0 Å². The molecule has 0 saturated heterocycles. The first kappa shape index (κ1) is 13.6. The lowest BCUT2D eigenvalue weighted by Crippen LogP contribution is -2.21. The van der Waals surface area contributed by atoms with Crippen LogP contribution >= 0.6 is 0 Å². The van der Waals surface area contributed by atoms with Crippen LogP contribution in [0.15, 0.2) is 24.3 Å². The van der Waals surface area contributed by atoms with Crippen molar-refractivity contribution >= 4 is 5.97 Å². The predicted molar refractivity (Wildman–Crippen MR) is 60.5 cm³/mol. The Hall–Kier alpha value is -1.43. The van der Waals surface area contributed by atoms with Gasteiger partial charge in [0.2, 0.25) is 0 Å². The van der Waals surface area contributed by atoms with Crippen LogP contribution in [0, 0.1) is 0 Å². The summed E-state index contributed by atoms with van der Waals surface area (Å²) >= 11 is 0. The fourth-order valence-corrected chi connectivity index (χ4v) is 1.64. The second kappa shape index (κ2) is 6.34. The maximum atomic E-state index is 10.7. The fourth-order valence-electron chi connectivity index (χ4n) is 1.64. The number of benzene rings is 1. The maximum Gasteiger partial charge on any atom is 0.307 e. The van der Waals surface area contributed by atoms with Gasteiger partial charge >= 0.3 is 5.97 Å². The van der Waals surface area contributed by atoms with E-state index in [9.17, 15) is 15.0 Å². The summed E-state index contributed by atoms with van der Waals surface area (Å²) in [7, 11) is 0. The van der Waals surface area contributed by atoms with Gasteiger partial charge in [-0.1, -0.05) is 24.3 Å². The first-order valence-corrected chi connectivity index (χ1v) is 5.33. The van der Waals surface area contributed by atoms with Crippen LogP contribution in [0.5, 0.6) is 0 Å². The number of hydrogen-bond donors (Lipinski definition) is 4. The molecule has 2 unspecified atom stereocenters. The first-order valence-electron chi connectivity index (χ1n) is 5.33. The van der Waals surface area contributed by atoms with Gasteiger partial charge in [0.15, 0.2) is 0 Å². The highest BCUT2D eigenvalue weighted by molar-refractivity contribution is 5.70. The summed E-state index contributed by atoms with van der Waals surface area (Å²) in [5.41, 5.74) is 0.848. The molecule has 1 rings (SSSR count). The van der Waals surface area contributed by atoms with E-state index in [1.807, 2.05) is 0 Å². The van der Waals surface area contributed by atoms with Crippen LogP contribution in [0.4, 0.5) is 0 Å². The summed E-state index contributed by atoms with van der Waals surface area (Å²) in [6.45, 7) is -0.237. The van der Waals surface area contributed by atoms with E-state index in [1.54, 1.807) is 24.3 Å². The van der Waals surface area contributed by atoms with E-state index in [4.69, 9.17) is 10.2 Å². The number of rotatable bonds is 6. The van der Waals surface area contributed by atoms with Gasteiger partial charge < -0.3 is 20.4 Å². The van der Waals surface area contributed by atoms with Crippen LogP contribution in [0.1, 0.15) is 23.7 Å². The normalized spacial score (nSPS) is 14.3. The number of carboxylic acid groups (broad SMARTS) is 1. The van der Waals surface area contributed by atoms with Gasteiger partial charge in [-0.2, -0.15) is 0 Å². The van der Waals surface area contributed by atoms with E-state index in [0.717, 1.165) is 0 Å². The van der Waals surface area contributed by atoms with E-state index in [-0.39, 0.29) is 19.4 Å². The molecule has 0 spiro atoms. The van der Waals surface area contributed by atoms with Crippen molar-refractivity contribution in [2.75, 3.05) is 6.61 Å². The highest BCUT2D eigenvalue weighted by atomic mass is 16.4. The number of hydrogen-bond acceptors (Lipinski definition) is 4. The molecule has 4 N–H and O–H groups in total. The molecule has 0 heterocycles. The number of aliphatic hydroxyl groups is 3. The average molecular weight is 240 g/mol. The molecular weight excluding hydrogens is 224 g/mol. The second-order valence-corrected chi connectivity index (χ2v) is 3.79. The zero-order valence-electron chi connectivity index (χ0n) is 9.28. The largest absolute Gasteiger partial charge is 0.481 e. The zero-order chi connectivity index (χ0) is 12.8. The Kier molecular flexibility index (Phi) is 5.09. The van der Waals surface area contributed by atoms with Crippen LogP contribution in [0.2, 0.25) is 0 Å². The average Bonchev–Trinajstić information content (AvgIpc) is 2.28. The minimum atomic E-state index is -1.18. The van der Waals surface area contributed by atoms with Gasteiger partial charge in [0, 0.05) is 6.61 Å². The van der Waals surface area contributed by atoms with Gasteiger partial charge in [-0.15, -0.1) is 0 Å². The molecule has 17 heavy (non-hydrogen) atoms. The van der Waals surface area contributed by atoms with Gasteiger partial charge in [-0.3, -0.25) is 4.79 Å². The van der Waals surface area contributed by atoms with Gasteiger partial charge in [-0.25, -0.2) is 0 Å². The lowest BCUT2D eigenvalue weighted by atomic mass is 9.95. The summed E-state index contributed by atoms with van der Waals surface area (Å²) in [6, 6.07) is 6.50. The van der Waals surface area contributed by atoms with E-state index in [1.165, 1.54) is 0 Å². The third-order valence-electron chi connectivity index (χ3n) is 2.50. The fraction of sp³-hybridized carbons (Fsp3) is 0.417. The van der Waals surface area contributed by atoms with E-state index < -0.39 is 18.2 Å². The van der Waals surface area contributed by atoms with E-state index >= 15 is 0 Å². The highest BCUT2D eigenvalue weighted by Gasteiger charge is 2.21. The monoisotopic (exact) mass is 240 g/mol. The number of aliphatic carboxylic acids is 1. The minimum absolute atomic E-state index is 0.0442. The van der Waals surface area contributed by atoms with E-state index in [2.05, 4.69) is 0 Å². The van der Waals surface area contributed by atoms with Crippen molar-refractivity contribution in [3.05, 3.63) is 35.4 Å². The van der Waals surface area contributed by atoms with Crippen LogP contribution in [-0.4, -0.2) is 39.1 Å². The zero-order valence-corrected chi connectivity index (χ0v) is 9.28. The molecule has 0 aromatic heterocycles. The summed E-state index contributed by atoms with van der Waals surface area (Å²) < 4.78 is 0. The van der Waals surface area contributed by atoms with Gasteiger partial charge in [0.25, 0.3) is 0 Å². The summed E-state index contributed by atoms with van der Waals surface area (Å²) in [6.07, 6.45) is -2.45. The van der Waals surface area contributed by atoms with Crippen molar-refractivity contribution in [3.63, 3.8) is 0 Å². The Morgan fingerprint density at radius 1 is 1.24 bits per heavy atom. The van der Waals surface area contributed by atoms with Crippen LogP contribution in [0.25, 0.3) is 0 Å². The third kappa shape index (κ3) is 3.81. The van der Waals surface area contributed by atoms with Crippen molar-refractivity contribution in [3.8, 4) is 0 Å². The SMILES string of the molecule is O=C(O)Cc1ccccc1C(O)C(O)CCO. The smallest absolute Gasteiger partial charge is 0.307 e. The van der Waals surface area contributed by atoms with Crippen molar-refractivity contribution < 1.29 is 25.2 Å². The summed E-state index contributed by atoms with van der Waals surface area (Å²) in [4.78, 5) is 10.7. The Bertz CT molecular complexity index is 377. The molecule has 0 aliphatic carbocycles. The highest BCUT2D eigenvalue weighted by Crippen LogP contribution is 2.23. The molecule has 0 aliphatic rings. The predicted octanol–water partition coefficient (Wildman–Crippen LogP) is 0.0904. The van der Waals surface area contributed by atoms with Gasteiger partial charge in [0.1, 0.15) is 6.10 Å². The number of aliphatic hydroxyl groups excluding tert-OH is 3. The van der Waals surface area contributed by atoms with Crippen molar-refractivity contribution in [1.82, 2.24) is 0 Å². The van der Waals surface area contributed by atoms with Crippen molar-refractivity contribution in [2.24, 2.45) is 0 Å². The maximum absolute atomic E-state index is 10.7. The molecule has 0 aliphatic heterocycles. The van der Waals surface area contributed by atoms with Crippen LogP contribution in [-0.2, 0) is 11.2 Å². The van der Waals surface area contributed by atoms with Crippen molar-refractivity contribution in [1.29, 1.82) is 0 Å². The molecule has 0 amide bonds. The Morgan fingerprint density at radius 3 is 2.47 bits per heavy atom. The molecular formula is C12H16O5. The number of carboxylic acids is 1. The molecule has 0 radical (unpaired) electrons. The minimum Gasteiger partial charge on any atom is -0.481 e. The molecule has 5 heteroatoms. The van der Waals surface area contributed by atoms with Gasteiger partial charge in [0.05, 0.1) is 12.5 Å². The lowest BCUT2D eigenvalue weighted by molar-refractivity contribution is -0.136. The van der Waals surface area contributed by atoms with E-state index in [0.29, 0.717) is 11.1 Å². The molecule has 94 valence electrons. The molecule has 5 nitrogen and oxygen atoms in total.